The average molecular weight is 439 g/mol. The molecule has 4 rings (SSSR count). The van der Waals surface area contributed by atoms with E-state index in [1.165, 1.54) is 4.90 Å². The molecule has 1 N–H and O–H groups in total. The molecule has 0 unspecified atom stereocenters. The molecule has 0 saturated carbocycles. The van der Waals surface area contributed by atoms with Crippen molar-refractivity contribution in [1.29, 1.82) is 0 Å². The predicted octanol–water partition coefficient (Wildman–Crippen LogP) is 3.47. The van der Waals surface area contributed by atoms with Crippen molar-refractivity contribution in [3.05, 3.63) is 108 Å². The molecule has 33 heavy (non-hydrogen) atoms. The van der Waals surface area contributed by atoms with Crippen LogP contribution in [-0.2, 0) is 9.59 Å². The first-order chi connectivity index (χ1) is 16.1. The Morgan fingerprint density at radius 1 is 0.848 bits per heavy atom. The normalized spacial score (nSPS) is 16.2. The van der Waals surface area contributed by atoms with E-state index in [0.717, 1.165) is 16.7 Å². The van der Waals surface area contributed by atoms with Crippen LogP contribution >= 0.6 is 0 Å². The Morgan fingerprint density at radius 2 is 1.39 bits per heavy atom. The Morgan fingerprint density at radius 3 is 1.94 bits per heavy atom. The number of carbonyl (C=O) groups excluding carboxylic acids is 1. The quantitative estimate of drug-likeness (QED) is 0.620. The van der Waals surface area contributed by atoms with Crippen LogP contribution in [-0.4, -0.2) is 59.0 Å². The van der Waals surface area contributed by atoms with E-state index in [9.17, 15) is 14.7 Å². The van der Waals surface area contributed by atoms with E-state index in [2.05, 4.69) is 11.8 Å². The number of hydrogen-bond donors (Lipinski definition) is 1. The second kappa shape index (κ2) is 10.6. The van der Waals surface area contributed by atoms with Gasteiger partial charge in [-0.1, -0.05) is 90.7 Å². The molecular weight excluding hydrogens is 412 g/mol. The number of piperazine rings is 1. The minimum Gasteiger partial charge on any atom is -0.480 e. The van der Waals surface area contributed by atoms with Gasteiger partial charge in [0.2, 0.25) is 5.91 Å². The van der Waals surface area contributed by atoms with Crippen LogP contribution in [0.25, 0.3) is 0 Å². The van der Waals surface area contributed by atoms with E-state index in [0.29, 0.717) is 19.6 Å². The molecular formula is C28H26N2O3. The third-order valence-corrected chi connectivity index (χ3v) is 5.85. The lowest BCUT2D eigenvalue weighted by Gasteiger charge is -2.40. The molecule has 0 bridgehead atoms. The number of carboxylic acids is 1. The fourth-order valence-corrected chi connectivity index (χ4v) is 4.17. The van der Waals surface area contributed by atoms with Crippen molar-refractivity contribution in [3.63, 3.8) is 0 Å². The average Bonchev–Trinajstić information content (AvgIpc) is 2.86. The van der Waals surface area contributed by atoms with Gasteiger partial charge in [-0.15, -0.1) is 0 Å². The summed E-state index contributed by atoms with van der Waals surface area (Å²) in [5, 5.41) is 9.95. The summed E-state index contributed by atoms with van der Waals surface area (Å²) in [6, 6.07) is 27.9. The fraction of sp³-hybridized carbons (Fsp3) is 0.214. The number of hydrogen-bond acceptors (Lipinski definition) is 3. The van der Waals surface area contributed by atoms with Crippen LogP contribution < -0.4 is 0 Å². The molecule has 166 valence electrons. The maximum Gasteiger partial charge on any atom is 0.327 e. The first-order valence-electron chi connectivity index (χ1n) is 11.0. The van der Waals surface area contributed by atoms with Gasteiger partial charge < -0.3 is 10.0 Å². The van der Waals surface area contributed by atoms with Crippen molar-refractivity contribution in [2.45, 2.75) is 12.0 Å². The number of rotatable bonds is 5. The molecule has 0 aromatic heterocycles. The Bertz CT molecular complexity index is 1100. The molecule has 1 atom stereocenters. The highest BCUT2D eigenvalue weighted by molar-refractivity contribution is 5.91. The van der Waals surface area contributed by atoms with Crippen LogP contribution in [0.2, 0.25) is 0 Å². The van der Waals surface area contributed by atoms with Crippen LogP contribution in [0.4, 0.5) is 0 Å². The second-order valence-electron chi connectivity index (χ2n) is 8.04. The topological polar surface area (TPSA) is 60.9 Å². The van der Waals surface area contributed by atoms with Gasteiger partial charge in [-0.25, -0.2) is 4.79 Å². The van der Waals surface area contributed by atoms with Crippen LogP contribution in [0.15, 0.2) is 91.0 Å². The molecule has 0 radical (unpaired) electrons. The fourth-order valence-electron chi connectivity index (χ4n) is 4.17. The zero-order valence-corrected chi connectivity index (χ0v) is 18.3. The van der Waals surface area contributed by atoms with Crippen molar-refractivity contribution in [2.75, 3.05) is 26.2 Å². The summed E-state index contributed by atoms with van der Waals surface area (Å²) in [5.41, 5.74) is 2.64. The second-order valence-corrected chi connectivity index (χ2v) is 8.04. The van der Waals surface area contributed by atoms with E-state index in [1.807, 2.05) is 95.9 Å². The van der Waals surface area contributed by atoms with Crippen LogP contribution in [0.5, 0.6) is 0 Å². The van der Waals surface area contributed by atoms with Gasteiger partial charge in [0.15, 0.2) is 0 Å². The van der Waals surface area contributed by atoms with Crippen molar-refractivity contribution in [2.24, 2.45) is 0 Å². The lowest BCUT2D eigenvalue weighted by Crippen LogP contribution is -2.59. The molecule has 1 aliphatic rings. The number of carboxylic acid groups (broad SMARTS) is 1. The maximum absolute atomic E-state index is 13.7. The van der Waals surface area contributed by atoms with E-state index in [-0.39, 0.29) is 12.5 Å². The van der Waals surface area contributed by atoms with E-state index in [1.54, 1.807) is 0 Å². The van der Waals surface area contributed by atoms with Crippen LogP contribution in [0, 0.1) is 11.8 Å². The Kier molecular flexibility index (Phi) is 7.19. The van der Waals surface area contributed by atoms with Crippen molar-refractivity contribution in [1.82, 2.24) is 9.80 Å². The summed E-state index contributed by atoms with van der Waals surface area (Å²) < 4.78 is 0. The monoisotopic (exact) mass is 438 g/mol. The highest BCUT2D eigenvalue weighted by Gasteiger charge is 2.38. The molecule has 5 heteroatoms. The van der Waals surface area contributed by atoms with Gasteiger partial charge in [0.05, 0.1) is 12.5 Å². The van der Waals surface area contributed by atoms with Gasteiger partial charge >= 0.3 is 5.97 Å². The first-order valence-corrected chi connectivity index (χ1v) is 11.0. The van der Waals surface area contributed by atoms with Crippen LogP contribution in [0.1, 0.15) is 22.6 Å². The van der Waals surface area contributed by atoms with Gasteiger partial charge in [-0.2, -0.15) is 0 Å². The zero-order chi connectivity index (χ0) is 23.0. The van der Waals surface area contributed by atoms with Crippen molar-refractivity contribution in [3.8, 4) is 11.8 Å². The number of nitrogens with zero attached hydrogens (tertiary/aromatic N) is 2. The molecule has 0 spiro atoms. The van der Waals surface area contributed by atoms with Crippen molar-refractivity contribution < 1.29 is 14.7 Å². The number of amides is 1. The predicted molar refractivity (Wildman–Crippen MR) is 128 cm³/mol. The van der Waals surface area contributed by atoms with Crippen LogP contribution in [0.3, 0.4) is 0 Å². The molecule has 1 aliphatic heterocycles. The highest BCUT2D eigenvalue weighted by Crippen LogP contribution is 2.28. The van der Waals surface area contributed by atoms with Gasteiger partial charge in [0, 0.05) is 25.2 Å². The maximum atomic E-state index is 13.7. The standard InChI is InChI=1S/C28H26N2O3/c31-27(26(23-14-6-2-7-15-23)24-16-8-3-9-17-24)30-20-19-29(21-25(30)28(32)33)18-10-13-22-11-4-1-5-12-22/h1-9,11-12,14-17,25-26H,18-21H2,(H,32,33)/t25-/m0/s1. The summed E-state index contributed by atoms with van der Waals surface area (Å²) in [5.74, 6) is 4.52. The minimum atomic E-state index is -0.996. The lowest BCUT2D eigenvalue weighted by molar-refractivity contribution is -0.153. The summed E-state index contributed by atoms with van der Waals surface area (Å²) >= 11 is 0. The van der Waals surface area contributed by atoms with E-state index < -0.39 is 17.9 Å². The zero-order valence-electron chi connectivity index (χ0n) is 18.3. The Hall–Kier alpha value is -3.88. The third kappa shape index (κ3) is 5.49. The highest BCUT2D eigenvalue weighted by atomic mass is 16.4. The first kappa shape index (κ1) is 22.3. The summed E-state index contributed by atoms with van der Waals surface area (Å²) in [4.78, 5) is 29.4. The Labute approximate surface area is 194 Å². The molecule has 1 amide bonds. The van der Waals surface area contributed by atoms with Gasteiger partial charge in [0.1, 0.15) is 6.04 Å². The molecule has 3 aromatic carbocycles. The SMILES string of the molecule is O=C(O)[C@@H]1CN(CC#Cc2ccccc2)CCN1C(=O)C(c1ccccc1)c1ccccc1. The number of aliphatic carboxylic acids is 1. The van der Waals surface area contributed by atoms with Crippen molar-refractivity contribution >= 4 is 11.9 Å². The van der Waals surface area contributed by atoms with E-state index in [4.69, 9.17) is 0 Å². The molecule has 1 heterocycles. The van der Waals surface area contributed by atoms with Gasteiger partial charge in [0.25, 0.3) is 0 Å². The van der Waals surface area contributed by atoms with E-state index >= 15 is 0 Å². The smallest absolute Gasteiger partial charge is 0.327 e. The third-order valence-electron chi connectivity index (χ3n) is 5.85. The molecule has 3 aromatic rings. The largest absolute Gasteiger partial charge is 0.480 e. The summed E-state index contributed by atoms with van der Waals surface area (Å²) in [6.45, 7) is 1.64. The minimum absolute atomic E-state index is 0.185. The summed E-state index contributed by atoms with van der Waals surface area (Å²) in [7, 11) is 0. The van der Waals surface area contributed by atoms with Gasteiger partial charge in [-0.3, -0.25) is 9.69 Å². The Balaban J connectivity index is 1.53. The lowest BCUT2D eigenvalue weighted by atomic mass is 9.89. The molecule has 1 fully saturated rings. The number of benzene rings is 3. The molecule has 1 saturated heterocycles. The number of carbonyl (C=O) groups is 2. The summed E-state index contributed by atoms with van der Waals surface area (Å²) in [6.07, 6.45) is 0. The molecule has 0 aliphatic carbocycles. The molecule has 5 nitrogen and oxygen atoms in total. The van der Waals surface area contributed by atoms with Gasteiger partial charge in [-0.05, 0) is 23.3 Å².